The molecule has 0 aromatic heterocycles. The van der Waals surface area contributed by atoms with Crippen LogP contribution in [0.3, 0.4) is 0 Å². The average Bonchev–Trinajstić information content (AvgIpc) is 2.92. The van der Waals surface area contributed by atoms with Crippen molar-refractivity contribution in [3.05, 3.63) is 0 Å². The van der Waals surface area contributed by atoms with E-state index in [1.807, 2.05) is 23.6 Å². The van der Waals surface area contributed by atoms with Crippen LogP contribution in [0.25, 0.3) is 0 Å². The highest BCUT2D eigenvalue weighted by molar-refractivity contribution is 5.78. The second-order valence-corrected chi connectivity index (χ2v) is 5.93. The highest BCUT2D eigenvalue weighted by Crippen LogP contribution is 2.16. The van der Waals surface area contributed by atoms with Crippen molar-refractivity contribution < 1.29 is 9.59 Å². The smallest absolute Gasteiger partial charge is 0.320 e. The molecule has 1 N–H and O–H groups in total. The first kappa shape index (κ1) is 14.2. The molecule has 19 heavy (non-hydrogen) atoms. The van der Waals surface area contributed by atoms with E-state index in [0.29, 0.717) is 6.54 Å². The molecule has 0 aromatic carbocycles. The molecule has 0 bridgehead atoms. The number of carbonyl (C=O) groups excluding carboxylic acids is 2. The zero-order valence-corrected chi connectivity index (χ0v) is 12.0. The summed E-state index contributed by atoms with van der Waals surface area (Å²) in [5, 5.41) is 3.04. The topological polar surface area (TPSA) is 52.7 Å². The van der Waals surface area contributed by atoms with Crippen molar-refractivity contribution in [2.45, 2.75) is 45.6 Å². The fraction of sp³-hybridized carbons (Fsp3) is 0.857. The first-order chi connectivity index (χ1) is 9.08. The summed E-state index contributed by atoms with van der Waals surface area (Å²) in [6.45, 7) is 7.05. The van der Waals surface area contributed by atoms with Gasteiger partial charge in [0.05, 0.1) is 0 Å². The van der Waals surface area contributed by atoms with Crippen molar-refractivity contribution in [2.75, 3.05) is 26.2 Å². The Morgan fingerprint density at radius 1 is 1.05 bits per heavy atom. The first-order valence-electron chi connectivity index (χ1n) is 7.42. The van der Waals surface area contributed by atoms with Gasteiger partial charge in [0.2, 0.25) is 5.91 Å². The van der Waals surface area contributed by atoms with Crippen LogP contribution < -0.4 is 5.32 Å². The molecule has 2 fully saturated rings. The van der Waals surface area contributed by atoms with E-state index >= 15 is 0 Å². The van der Waals surface area contributed by atoms with Gasteiger partial charge in [0.25, 0.3) is 0 Å². The fourth-order valence-corrected chi connectivity index (χ4v) is 2.74. The molecule has 1 atom stereocenters. The molecule has 0 saturated carbocycles. The third-order valence-corrected chi connectivity index (χ3v) is 3.94. The summed E-state index contributed by atoms with van der Waals surface area (Å²) in [6, 6.07) is 0.274. The lowest BCUT2D eigenvalue weighted by Crippen LogP contribution is -2.53. The number of hydrogen-bond donors (Lipinski definition) is 1. The molecular formula is C14H25N3O2. The van der Waals surface area contributed by atoms with Gasteiger partial charge in [-0.25, -0.2) is 4.79 Å². The predicted octanol–water partition coefficient (Wildman–Crippen LogP) is 1.44. The van der Waals surface area contributed by atoms with Crippen molar-refractivity contribution in [3.63, 3.8) is 0 Å². The van der Waals surface area contributed by atoms with E-state index in [4.69, 9.17) is 0 Å². The second kappa shape index (κ2) is 6.26. The Balaban J connectivity index is 1.86. The van der Waals surface area contributed by atoms with Crippen molar-refractivity contribution >= 4 is 11.9 Å². The summed E-state index contributed by atoms with van der Waals surface area (Å²) in [6.07, 6.45) is 4.19. The third kappa shape index (κ3) is 3.61. The van der Waals surface area contributed by atoms with Crippen LogP contribution in [0.1, 0.15) is 39.5 Å². The standard InChI is InChI=1S/C14H25N3O2/c1-11(2)13(18)15-12-6-5-9-17(10-12)14(19)16-7-3-4-8-16/h11-12H,3-10H2,1-2H3,(H,15,18). The Morgan fingerprint density at radius 3 is 2.32 bits per heavy atom. The van der Waals surface area contributed by atoms with E-state index in [-0.39, 0.29) is 23.9 Å². The number of hydrogen-bond acceptors (Lipinski definition) is 2. The van der Waals surface area contributed by atoms with Crippen LogP contribution in [0.2, 0.25) is 0 Å². The van der Waals surface area contributed by atoms with Crippen molar-refractivity contribution in [1.29, 1.82) is 0 Å². The lowest BCUT2D eigenvalue weighted by atomic mass is 10.0. The normalized spacial score (nSPS) is 23.8. The Morgan fingerprint density at radius 2 is 1.68 bits per heavy atom. The predicted molar refractivity (Wildman–Crippen MR) is 73.8 cm³/mol. The van der Waals surface area contributed by atoms with Gasteiger partial charge < -0.3 is 15.1 Å². The molecule has 2 aliphatic heterocycles. The Bertz CT molecular complexity index is 338. The molecule has 2 aliphatic rings. The fourth-order valence-electron chi connectivity index (χ4n) is 2.74. The van der Waals surface area contributed by atoms with Gasteiger partial charge in [0.15, 0.2) is 0 Å². The Kier molecular flexibility index (Phi) is 4.66. The highest BCUT2D eigenvalue weighted by atomic mass is 16.2. The molecule has 0 aromatic rings. The van der Waals surface area contributed by atoms with Crippen LogP contribution in [0.4, 0.5) is 4.79 Å². The molecule has 5 heteroatoms. The van der Waals surface area contributed by atoms with E-state index in [1.54, 1.807) is 0 Å². The van der Waals surface area contributed by atoms with Gasteiger partial charge in [-0.2, -0.15) is 0 Å². The minimum Gasteiger partial charge on any atom is -0.351 e. The van der Waals surface area contributed by atoms with Crippen molar-refractivity contribution in [3.8, 4) is 0 Å². The van der Waals surface area contributed by atoms with Crippen LogP contribution >= 0.6 is 0 Å². The summed E-state index contributed by atoms with van der Waals surface area (Å²) < 4.78 is 0. The minimum absolute atomic E-state index is 0.00431. The molecule has 0 aliphatic carbocycles. The van der Waals surface area contributed by atoms with Crippen molar-refractivity contribution in [2.24, 2.45) is 5.92 Å². The SMILES string of the molecule is CC(C)C(=O)NC1CCCN(C(=O)N2CCCC2)C1. The highest BCUT2D eigenvalue weighted by Gasteiger charge is 2.29. The molecule has 2 heterocycles. The van der Waals surface area contributed by atoms with Gasteiger partial charge in [0.1, 0.15) is 0 Å². The van der Waals surface area contributed by atoms with Gasteiger partial charge in [-0.15, -0.1) is 0 Å². The number of likely N-dealkylation sites (tertiary alicyclic amines) is 2. The first-order valence-corrected chi connectivity index (χ1v) is 7.42. The van der Waals surface area contributed by atoms with Crippen LogP contribution in [0, 0.1) is 5.92 Å². The maximum absolute atomic E-state index is 12.3. The van der Waals surface area contributed by atoms with Gasteiger partial charge >= 0.3 is 6.03 Å². The Labute approximate surface area is 115 Å². The molecule has 5 nitrogen and oxygen atoms in total. The average molecular weight is 267 g/mol. The van der Waals surface area contributed by atoms with Crippen LogP contribution in [0.15, 0.2) is 0 Å². The summed E-state index contributed by atoms with van der Waals surface area (Å²) in [7, 11) is 0. The number of amides is 3. The number of nitrogens with zero attached hydrogens (tertiary/aromatic N) is 2. The summed E-state index contributed by atoms with van der Waals surface area (Å²) in [5.74, 6) is 0.0881. The monoisotopic (exact) mass is 267 g/mol. The zero-order chi connectivity index (χ0) is 13.8. The zero-order valence-electron chi connectivity index (χ0n) is 12.0. The number of rotatable bonds is 2. The quantitative estimate of drug-likeness (QED) is 0.823. The van der Waals surface area contributed by atoms with Gasteiger partial charge in [-0.3, -0.25) is 4.79 Å². The minimum atomic E-state index is 0.00431. The van der Waals surface area contributed by atoms with Gasteiger partial charge in [-0.1, -0.05) is 13.8 Å². The maximum atomic E-state index is 12.3. The van der Waals surface area contributed by atoms with E-state index < -0.39 is 0 Å². The molecule has 0 radical (unpaired) electrons. The summed E-state index contributed by atoms with van der Waals surface area (Å²) in [4.78, 5) is 27.9. The molecule has 2 rings (SSSR count). The lowest BCUT2D eigenvalue weighted by Gasteiger charge is -2.35. The third-order valence-electron chi connectivity index (χ3n) is 3.94. The van der Waals surface area contributed by atoms with Crippen LogP contribution in [-0.4, -0.2) is 54.0 Å². The number of piperidine rings is 1. The lowest BCUT2D eigenvalue weighted by molar-refractivity contribution is -0.125. The largest absolute Gasteiger partial charge is 0.351 e. The van der Waals surface area contributed by atoms with E-state index in [0.717, 1.165) is 45.3 Å². The van der Waals surface area contributed by atoms with E-state index in [1.165, 1.54) is 0 Å². The van der Waals surface area contributed by atoms with Crippen LogP contribution in [0.5, 0.6) is 0 Å². The summed E-state index contributed by atoms with van der Waals surface area (Å²) in [5.41, 5.74) is 0. The van der Waals surface area contributed by atoms with Gasteiger partial charge in [-0.05, 0) is 25.7 Å². The Hall–Kier alpha value is -1.26. The number of urea groups is 1. The van der Waals surface area contributed by atoms with Crippen molar-refractivity contribution in [1.82, 2.24) is 15.1 Å². The molecule has 0 spiro atoms. The maximum Gasteiger partial charge on any atom is 0.320 e. The molecular weight excluding hydrogens is 242 g/mol. The second-order valence-electron chi connectivity index (χ2n) is 5.93. The van der Waals surface area contributed by atoms with E-state index in [2.05, 4.69) is 5.32 Å². The molecule has 2 saturated heterocycles. The number of carbonyl (C=O) groups is 2. The van der Waals surface area contributed by atoms with Gasteiger partial charge in [0, 0.05) is 38.1 Å². The molecule has 108 valence electrons. The summed E-state index contributed by atoms with van der Waals surface area (Å²) >= 11 is 0. The molecule has 3 amide bonds. The van der Waals surface area contributed by atoms with E-state index in [9.17, 15) is 9.59 Å². The van der Waals surface area contributed by atoms with Crippen LogP contribution in [-0.2, 0) is 4.79 Å². The molecule has 1 unspecified atom stereocenters. The number of nitrogens with one attached hydrogen (secondary N) is 1.